The summed E-state index contributed by atoms with van der Waals surface area (Å²) in [4.78, 5) is 0. The zero-order chi connectivity index (χ0) is 13.3. The molecule has 0 spiro atoms. The van der Waals surface area contributed by atoms with Crippen LogP contribution in [0, 0.1) is 5.92 Å². The van der Waals surface area contributed by atoms with Crippen molar-refractivity contribution in [1.82, 2.24) is 24.6 Å². The molecule has 9 heteroatoms. The Hall–Kier alpha value is -0.510. The van der Waals surface area contributed by atoms with Crippen molar-refractivity contribution < 1.29 is 8.42 Å². The average molecular weight is 338 g/mol. The van der Waals surface area contributed by atoms with Gasteiger partial charge in [0.25, 0.3) is 10.0 Å². The second-order valence-electron chi connectivity index (χ2n) is 4.38. The van der Waals surface area contributed by atoms with Gasteiger partial charge in [-0.15, -0.1) is 5.10 Å². The van der Waals surface area contributed by atoms with Crippen molar-refractivity contribution in [2.45, 2.75) is 11.4 Å². The van der Waals surface area contributed by atoms with Crippen molar-refractivity contribution in [3.05, 3.63) is 4.60 Å². The molecule has 0 aliphatic carbocycles. The average Bonchev–Trinajstić information content (AvgIpc) is 2.87. The third-order valence-corrected chi connectivity index (χ3v) is 5.82. The van der Waals surface area contributed by atoms with Gasteiger partial charge in [0.05, 0.1) is 0 Å². The smallest absolute Gasteiger partial charge is 0.263 e. The highest BCUT2D eigenvalue weighted by molar-refractivity contribution is 9.10. The summed E-state index contributed by atoms with van der Waals surface area (Å²) in [7, 11) is -0.0623. The van der Waals surface area contributed by atoms with E-state index in [0.717, 1.165) is 13.0 Å². The standard InChI is InChI=1S/C9H16BrN5O2S/c1-11-5-7-3-4-15(6-7)18(16,17)9-8(10)12-13-14(9)2/h7,11H,3-6H2,1-2H3. The molecule has 0 amide bonds. The SMILES string of the molecule is CNCC1CCN(S(=O)(=O)c2c(Br)nnn2C)C1. The Bertz CT molecular complexity index is 510. The number of aromatic nitrogens is 3. The minimum Gasteiger partial charge on any atom is -0.319 e. The topological polar surface area (TPSA) is 80.1 Å². The molecule has 1 aliphatic heterocycles. The molecule has 1 fully saturated rings. The molecule has 0 radical (unpaired) electrons. The van der Waals surface area contributed by atoms with Gasteiger partial charge in [0.15, 0.2) is 4.60 Å². The van der Waals surface area contributed by atoms with Crippen molar-refractivity contribution in [2.24, 2.45) is 13.0 Å². The number of halogens is 1. The number of aryl methyl sites for hydroxylation is 1. The summed E-state index contributed by atoms with van der Waals surface area (Å²) >= 11 is 3.13. The maximum atomic E-state index is 12.5. The van der Waals surface area contributed by atoms with Crippen LogP contribution in [0.15, 0.2) is 9.63 Å². The van der Waals surface area contributed by atoms with E-state index in [2.05, 4.69) is 31.6 Å². The van der Waals surface area contributed by atoms with E-state index in [4.69, 9.17) is 0 Å². The van der Waals surface area contributed by atoms with Crippen LogP contribution in [-0.2, 0) is 17.1 Å². The summed E-state index contributed by atoms with van der Waals surface area (Å²) in [5, 5.41) is 10.6. The number of nitrogens with one attached hydrogen (secondary N) is 1. The molecule has 1 saturated heterocycles. The van der Waals surface area contributed by atoms with Crippen LogP contribution in [0.1, 0.15) is 6.42 Å². The summed E-state index contributed by atoms with van der Waals surface area (Å²) < 4.78 is 28.0. The largest absolute Gasteiger partial charge is 0.319 e. The van der Waals surface area contributed by atoms with Crippen LogP contribution in [0.3, 0.4) is 0 Å². The van der Waals surface area contributed by atoms with Crippen LogP contribution in [-0.4, -0.2) is 54.4 Å². The molecule has 1 aliphatic rings. The first-order valence-electron chi connectivity index (χ1n) is 5.66. The molecule has 7 nitrogen and oxygen atoms in total. The van der Waals surface area contributed by atoms with Crippen LogP contribution in [0.2, 0.25) is 0 Å². The number of sulfonamides is 1. The fourth-order valence-electron chi connectivity index (χ4n) is 2.19. The summed E-state index contributed by atoms with van der Waals surface area (Å²) in [6.07, 6.45) is 0.878. The lowest BCUT2D eigenvalue weighted by molar-refractivity contribution is 0.443. The monoisotopic (exact) mass is 337 g/mol. The Morgan fingerprint density at radius 3 is 2.83 bits per heavy atom. The molecule has 1 N–H and O–H groups in total. The van der Waals surface area contributed by atoms with E-state index in [9.17, 15) is 8.42 Å². The summed E-state index contributed by atoms with van der Waals surface area (Å²) in [5.74, 6) is 0.365. The van der Waals surface area contributed by atoms with E-state index in [1.165, 1.54) is 8.99 Å². The Balaban J connectivity index is 2.23. The molecular weight excluding hydrogens is 322 g/mol. The van der Waals surface area contributed by atoms with Crippen LogP contribution in [0.4, 0.5) is 0 Å². The summed E-state index contributed by atoms with van der Waals surface area (Å²) in [5.41, 5.74) is 0. The lowest BCUT2D eigenvalue weighted by Crippen LogP contribution is -2.32. The summed E-state index contributed by atoms with van der Waals surface area (Å²) in [6.45, 7) is 1.92. The molecule has 1 unspecified atom stereocenters. The van der Waals surface area contributed by atoms with Gasteiger partial charge in [-0.1, -0.05) is 5.21 Å². The third-order valence-electron chi connectivity index (χ3n) is 3.06. The number of hydrogen-bond acceptors (Lipinski definition) is 5. The molecule has 0 saturated carbocycles. The number of rotatable bonds is 4. The highest BCUT2D eigenvalue weighted by atomic mass is 79.9. The van der Waals surface area contributed by atoms with E-state index < -0.39 is 10.0 Å². The van der Waals surface area contributed by atoms with Gasteiger partial charge in [-0.3, -0.25) is 0 Å². The molecule has 0 aromatic carbocycles. The van der Waals surface area contributed by atoms with Gasteiger partial charge in [0, 0.05) is 20.1 Å². The molecule has 0 bridgehead atoms. The van der Waals surface area contributed by atoms with Crippen LogP contribution < -0.4 is 5.32 Å². The Labute approximate surface area is 115 Å². The summed E-state index contributed by atoms with van der Waals surface area (Å²) in [6, 6.07) is 0. The maximum absolute atomic E-state index is 12.5. The van der Waals surface area contributed by atoms with Gasteiger partial charge >= 0.3 is 0 Å². The van der Waals surface area contributed by atoms with Crippen LogP contribution >= 0.6 is 15.9 Å². The minimum atomic E-state index is -3.51. The highest BCUT2D eigenvalue weighted by Crippen LogP contribution is 2.27. The van der Waals surface area contributed by atoms with Crippen molar-refractivity contribution in [3.63, 3.8) is 0 Å². The molecule has 102 valence electrons. The zero-order valence-electron chi connectivity index (χ0n) is 10.3. The van der Waals surface area contributed by atoms with Crippen molar-refractivity contribution in [1.29, 1.82) is 0 Å². The quantitative estimate of drug-likeness (QED) is 0.823. The highest BCUT2D eigenvalue weighted by Gasteiger charge is 2.35. The first-order chi connectivity index (χ1) is 8.46. The van der Waals surface area contributed by atoms with E-state index in [0.29, 0.717) is 19.0 Å². The van der Waals surface area contributed by atoms with Crippen LogP contribution in [0.5, 0.6) is 0 Å². The first-order valence-corrected chi connectivity index (χ1v) is 7.90. The molecule has 1 atom stereocenters. The maximum Gasteiger partial charge on any atom is 0.263 e. The predicted molar refractivity (Wildman–Crippen MR) is 69.5 cm³/mol. The normalized spacial score (nSPS) is 21.6. The molecule has 2 rings (SSSR count). The van der Waals surface area contributed by atoms with E-state index in [1.807, 2.05) is 7.05 Å². The third kappa shape index (κ3) is 2.44. The van der Waals surface area contributed by atoms with Gasteiger partial charge < -0.3 is 5.32 Å². The Kier molecular flexibility index (Phi) is 4.05. The predicted octanol–water partition coefficient (Wildman–Crippen LogP) is -0.192. The molecule has 1 aromatic rings. The minimum absolute atomic E-state index is 0.118. The van der Waals surface area contributed by atoms with Crippen molar-refractivity contribution >= 4 is 26.0 Å². The van der Waals surface area contributed by atoms with E-state index in [-0.39, 0.29) is 9.63 Å². The van der Waals surface area contributed by atoms with Crippen LogP contribution in [0.25, 0.3) is 0 Å². The fraction of sp³-hybridized carbons (Fsp3) is 0.778. The second-order valence-corrected chi connectivity index (χ2v) is 6.99. The zero-order valence-corrected chi connectivity index (χ0v) is 12.7. The van der Waals surface area contributed by atoms with Gasteiger partial charge in [-0.25, -0.2) is 13.1 Å². The Morgan fingerprint density at radius 2 is 2.28 bits per heavy atom. The second kappa shape index (κ2) is 5.24. The van der Waals surface area contributed by atoms with Crippen molar-refractivity contribution in [3.8, 4) is 0 Å². The van der Waals surface area contributed by atoms with Crippen molar-refractivity contribution in [2.75, 3.05) is 26.7 Å². The molecule has 18 heavy (non-hydrogen) atoms. The van der Waals surface area contributed by atoms with E-state index >= 15 is 0 Å². The lowest BCUT2D eigenvalue weighted by atomic mass is 10.1. The Morgan fingerprint density at radius 1 is 1.56 bits per heavy atom. The molecular formula is C9H16BrN5O2S. The van der Waals surface area contributed by atoms with Gasteiger partial charge in [0.1, 0.15) is 0 Å². The molecule has 1 aromatic heterocycles. The van der Waals surface area contributed by atoms with Gasteiger partial charge in [0.2, 0.25) is 5.03 Å². The number of hydrogen-bond donors (Lipinski definition) is 1. The fourth-order valence-corrected chi connectivity index (χ4v) is 4.75. The van der Waals surface area contributed by atoms with E-state index in [1.54, 1.807) is 7.05 Å². The molecule has 2 heterocycles. The lowest BCUT2D eigenvalue weighted by Gasteiger charge is -2.16. The van der Waals surface area contributed by atoms with Gasteiger partial charge in [-0.05, 0) is 41.9 Å². The number of nitrogens with zero attached hydrogens (tertiary/aromatic N) is 4. The van der Waals surface area contributed by atoms with Gasteiger partial charge in [-0.2, -0.15) is 4.31 Å². The first kappa shape index (κ1) is 13.9.